The van der Waals surface area contributed by atoms with Gasteiger partial charge in [-0.05, 0) is 17.2 Å². The number of carbonyl (C=O) groups is 1. The van der Waals surface area contributed by atoms with E-state index in [0.29, 0.717) is 0 Å². The Morgan fingerprint density at radius 2 is 2.00 bits per heavy atom. The fourth-order valence-electron chi connectivity index (χ4n) is 1.28. The molecule has 0 bridgehead atoms. The lowest BCUT2D eigenvalue weighted by Crippen LogP contribution is -2.07. The molecule has 1 aromatic carbocycles. The number of carboxylic acid groups (broad SMARTS) is 1. The van der Waals surface area contributed by atoms with Crippen LogP contribution in [0.5, 0.6) is 0 Å². The van der Waals surface area contributed by atoms with Gasteiger partial charge >= 0.3 is 5.97 Å². The molecule has 0 fully saturated rings. The molecule has 0 radical (unpaired) electrons. The Morgan fingerprint density at radius 3 is 2.59 bits per heavy atom. The van der Waals surface area contributed by atoms with Crippen LogP contribution in [0.3, 0.4) is 0 Å². The molecule has 0 aliphatic heterocycles. The molecule has 1 N–H and O–H groups in total. The Kier molecular flexibility index (Phi) is 4.82. The highest BCUT2D eigenvalue weighted by atomic mass is 32.2. The average Bonchev–Trinajstić information content (AvgIpc) is 2.23. The van der Waals surface area contributed by atoms with E-state index in [0.717, 1.165) is 11.3 Å². The quantitative estimate of drug-likeness (QED) is 0.825. The van der Waals surface area contributed by atoms with Crippen LogP contribution in [0.2, 0.25) is 0 Å². The number of hydrogen-bond donors (Lipinski definition) is 1. The van der Waals surface area contributed by atoms with Crippen LogP contribution in [-0.2, 0) is 10.5 Å². The summed E-state index contributed by atoms with van der Waals surface area (Å²) in [6.45, 7) is 6.52. The molecule has 1 rings (SSSR count). The van der Waals surface area contributed by atoms with E-state index in [-0.39, 0.29) is 4.75 Å². The fraction of sp³-hybridized carbons (Fsp3) is 0.357. The standard InChI is InChI=1S/C14H18O2S/c1-14(2,3)17-10-12-7-5-4-6-11(12)8-9-13(15)16/h4-9H,10H2,1-3H3,(H,15,16)/b9-8+. The van der Waals surface area contributed by atoms with Crippen LogP contribution in [-0.4, -0.2) is 15.8 Å². The predicted molar refractivity (Wildman–Crippen MR) is 74.2 cm³/mol. The van der Waals surface area contributed by atoms with E-state index in [2.05, 4.69) is 20.8 Å². The minimum atomic E-state index is -0.914. The van der Waals surface area contributed by atoms with E-state index in [1.807, 2.05) is 36.0 Å². The van der Waals surface area contributed by atoms with Gasteiger partial charge in [0.1, 0.15) is 0 Å². The maximum atomic E-state index is 10.5. The van der Waals surface area contributed by atoms with Gasteiger partial charge in [0.15, 0.2) is 0 Å². The summed E-state index contributed by atoms with van der Waals surface area (Å²) in [4.78, 5) is 10.5. The van der Waals surface area contributed by atoms with Gasteiger partial charge in [-0.15, -0.1) is 0 Å². The van der Waals surface area contributed by atoms with Gasteiger partial charge in [0, 0.05) is 16.6 Å². The first-order valence-corrected chi connectivity index (χ1v) is 6.50. The number of rotatable bonds is 4. The molecule has 0 saturated carbocycles. The van der Waals surface area contributed by atoms with E-state index in [9.17, 15) is 4.79 Å². The average molecular weight is 250 g/mol. The van der Waals surface area contributed by atoms with E-state index < -0.39 is 5.97 Å². The molecule has 3 heteroatoms. The first kappa shape index (κ1) is 13.8. The molecule has 0 aliphatic carbocycles. The Labute approximate surface area is 107 Å². The van der Waals surface area contributed by atoms with Crippen LogP contribution in [0, 0.1) is 0 Å². The van der Waals surface area contributed by atoms with Gasteiger partial charge in [-0.2, -0.15) is 11.8 Å². The maximum absolute atomic E-state index is 10.5. The SMILES string of the molecule is CC(C)(C)SCc1ccccc1/C=C/C(=O)O. The second-order valence-corrected chi connectivity index (χ2v) is 6.57. The van der Waals surface area contributed by atoms with Crippen LogP contribution in [0.15, 0.2) is 30.3 Å². The molecule has 0 atom stereocenters. The summed E-state index contributed by atoms with van der Waals surface area (Å²) in [5.41, 5.74) is 2.15. The second kappa shape index (κ2) is 5.92. The van der Waals surface area contributed by atoms with Gasteiger partial charge in [-0.3, -0.25) is 0 Å². The summed E-state index contributed by atoms with van der Waals surface area (Å²) in [5.74, 6) is -0.0211. The van der Waals surface area contributed by atoms with Crippen molar-refractivity contribution in [2.45, 2.75) is 31.3 Å². The zero-order valence-corrected chi connectivity index (χ0v) is 11.3. The third kappa shape index (κ3) is 5.59. The molecular weight excluding hydrogens is 232 g/mol. The van der Waals surface area contributed by atoms with Gasteiger partial charge < -0.3 is 5.11 Å². The van der Waals surface area contributed by atoms with Gasteiger partial charge in [-0.1, -0.05) is 45.0 Å². The predicted octanol–water partition coefficient (Wildman–Crippen LogP) is 3.82. The van der Waals surface area contributed by atoms with Crippen LogP contribution in [0.1, 0.15) is 31.9 Å². The van der Waals surface area contributed by atoms with Crippen LogP contribution >= 0.6 is 11.8 Å². The first-order valence-electron chi connectivity index (χ1n) is 5.51. The highest BCUT2D eigenvalue weighted by Gasteiger charge is 2.11. The number of benzene rings is 1. The van der Waals surface area contributed by atoms with Crippen molar-refractivity contribution in [3.8, 4) is 0 Å². The summed E-state index contributed by atoms with van der Waals surface area (Å²) < 4.78 is 0.212. The molecule has 0 spiro atoms. The second-order valence-electron chi connectivity index (χ2n) is 4.77. The van der Waals surface area contributed by atoms with E-state index >= 15 is 0 Å². The maximum Gasteiger partial charge on any atom is 0.328 e. The molecular formula is C14H18O2S. The van der Waals surface area contributed by atoms with Crippen molar-refractivity contribution >= 4 is 23.8 Å². The molecule has 1 aromatic rings. The van der Waals surface area contributed by atoms with E-state index in [1.54, 1.807) is 6.08 Å². The van der Waals surface area contributed by atoms with Crippen molar-refractivity contribution in [3.63, 3.8) is 0 Å². The number of aliphatic carboxylic acids is 1. The summed E-state index contributed by atoms with van der Waals surface area (Å²) in [6, 6.07) is 7.89. The Bertz CT molecular complexity index is 416. The van der Waals surface area contributed by atoms with E-state index in [1.165, 1.54) is 11.6 Å². The molecule has 0 aliphatic rings. The molecule has 2 nitrogen and oxygen atoms in total. The molecule has 0 unspecified atom stereocenters. The number of thioether (sulfide) groups is 1. The Hall–Kier alpha value is -1.22. The zero-order valence-electron chi connectivity index (χ0n) is 10.4. The summed E-state index contributed by atoms with van der Waals surface area (Å²) in [6.07, 6.45) is 2.83. The largest absolute Gasteiger partial charge is 0.478 e. The van der Waals surface area contributed by atoms with Gasteiger partial charge in [0.05, 0.1) is 0 Å². The topological polar surface area (TPSA) is 37.3 Å². The summed E-state index contributed by atoms with van der Waals surface area (Å²) >= 11 is 1.85. The molecule has 0 saturated heterocycles. The smallest absolute Gasteiger partial charge is 0.328 e. The van der Waals surface area contributed by atoms with Crippen molar-refractivity contribution in [2.24, 2.45) is 0 Å². The lowest BCUT2D eigenvalue weighted by molar-refractivity contribution is -0.131. The third-order valence-corrected chi connectivity index (χ3v) is 3.44. The lowest BCUT2D eigenvalue weighted by atomic mass is 10.1. The minimum Gasteiger partial charge on any atom is -0.478 e. The molecule has 0 heterocycles. The van der Waals surface area contributed by atoms with Gasteiger partial charge in [-0.25, -0.2) is 4.79 Å². The zero-order chi connectivity index (χ0) is 12.9. The van der Waals surface area contributed by atoms with Crippen LogP contribution < -0.4 is 0 Å². The Morgan fingerprint density at radius 1 is 1.35 bits per heavy atom. The Balaban J connectivity index is 2.81. The molecule has 0 amide bonds. The third-order valence-electron chi connectivity index (χ3n) is 2.12. The minimum absolute atomic E-state index is 0.212. The summed E-state index contributed by atoms with van der Waals surface area (Å²) in [5, 5.41) is 8.63. The first-order chi connectivity index (χ1) is 7.88. The molecule has 92 valence electrons. The fourth-order valence-corrected chi connectivity index (χ4v) is 2.13. The van der Waals surface area contributed by atoms with Crippen molar-refractivity contribution in [3.05, 3.63) is 41.5 Å². The van der Waals surface area contributed by atoms with Crippen molar-refractivity contribution < 1.29 is 9.90 Å². The lowest BCUT2D eigenvalue weighted by Gasteiger charge is -2.18. The normalized spacial score (nSPS) is 11.9. The highest BCUT2D eigenvalue weighted by Crippen LogP contribution is 2.28. The van der Waals surface area contributed by atoms with Gasteiger partial charge in [0.2, 0.25) is 0 Å². The summed E-state index contributed by atoms with van der Waals surface area (Å²) in [7, 11) is 0. The van der Waals surface area contributed by atoms with Crippen molar-refractivity contribution in [1.29, 1.82) is 0 Å². The van der Waals surface area contributed by atoms with Crippen LogP contribution in [0.25, 0.3) is 6.08 Å². The highest BCUT2D eigenvalue weighted by molar-refractivity contribution is 7.99. The van der Waals surface area contributed by atoms with Crippen molar-refractivity contribution in [2.75, 3.05) is 0 Å². The number of carboxylic acids is 1. The number of hydrogen-bond acceptors (Lipinski definition) is 2. The molecule has 0 aromatic heterocycles. The van der Waals surface area contributed by atoms with Crippen molar-refractivity contribution in [1.82, 2.24) is 0 Å². The molecule has 17 heavy (non-hydrogen) atoms. The van der Waals surface area contributed by atoms with E-state index in [4.69, 9.17) is 5.11 Å². The van der Waals surface area contributed by atoms with Crippen LogP contribution in [0.4, 0.5) is 0 Å². The van der Waals surface area contributed by atoms with Gasteiger partial charge in [0.25, 0.3) is 0 Å². The monoisotopic (exact) mass is 250 g/mol.